The van der Waals surface area contributed by atoms with Gasteiger partial charge in [0.25, 0.3) is 0 Å². The van der Waals surface area contributed by atoms with Gasteiger partial charge in [-0.05, 0) is 149 Å². The number of carbonyl (C=O) groups excluding carboxylic acids is 3. The van der Waals surface area contributed by atoms with Crippen LogP contribution < -0.4 is 14.4 Å². The molecule has 2 unspecified atom stereocenters. The lowest BCUT2D eigenvalue weighted by Crippen LogP contribution is -2.32. The predicted molar refractivity (Wildman–Crippen MR) is 272 cm³/mol. The lowest BCUT2D eigenvalue weighted by Gasteiger charge is -2.26. The van der Waals surface area contributed by atoms with Gasteiger partial charge in [0.15, 0.2) is 0 Å². The Morgan fingerprint density at radius 1 is 0.556 bits per heavy atom. The van der Waals surface area contributed by atoms with Crippen molar-refractivity contribution in [2.45, 2.75) is 80.1 Å². The summed E-state index contributed by atoms with van der Waals surface area (Å²) in [6.07, 6.45) is 4.95. The second-order valence-corrected chi connectivity index (χ2v) is 17.1. The van der Waals surface area contributed by atoms with Crippen LogP contribution in [0.15, 0.2) is 130 Å². The summed E-state index contributed by atoms with van der Waals surface area (Å²) >= 11 is 0. The van der Waals surface area contributed by atoms with E-state index in [0.29, 0.717) is 69.7 Å². The molecule has 2 atom stereocenters. The third-order valence-electron chi connectivity index (χ3n) is 11.9. The minimum Gasteiger partial charge on any atom is -0.490 e. The first-order valence-electron chi connectivity index (χ1n) is 23.6. The molecule has 0 heterocycles. The van der Waals surface area contributed by atoms with Crippen LogP contribution in [0.3, 0.4) is 0 Å². The van der Waals surface area contributed by atoms with Gasteiger partial charge in [0, 0.05) is 12.7 Å². The Morgan fingerprint density at radius 3 is 1.46 bits per heavy atom. The van der Waals surface area contributed by atoms with Crippen LogP contribution in [0.25, 0.3) is 0 Å². The van der Waals surface area contributed by atoms with Crippen LogP contribution in [0.1, 0.15) is 113 Å². The minimum absolute atomic E-state index is 0.134. The Bertz CT molecular complexity index is 2860. The number of nitrogens with zero attached hydrogens (tertiary/aromatic N) is 9. The van der Waals surface area contributed by atoms with Gasteiger partial charge in [-0.2, -0.15) is 31.3 Å². The number of hydrogen-bond donors (Lipinski definition) is 0. The van der Waals surface area contributed by atoms with Crippen molar-refractivity contribution in [1.82, 2.24) is 0 Å². The van der Waals surface area contributed by atoms with E-state index in [9.17, 15) is 24.9 Å². The first-order valence-corrected chi connectivity index (χ1v) is 23.6. The molecule has 5 aromatic rings. The summed E-state index contributed by atoms with van der Waals surface area (Å²) in [6, 6.07) is 37.6. The van der Waals surface area contributed by atoms with Gasteiger partial charge in [0.1, 0.15) is 54.8 Å². The molecule has 0 aliphatic carbocycles. The van der Waals surface area contributed by atoms with Gasteiger partial charge in [-0.3, -0.25) is 9.59 Å². The molecule has 0 saturated heterocycles. The number of likely N-dealkylation sites (N-methyl/N-ethyl adjacent to an activating group) is 1. The fourth-order valence-corrected chi connectivity index (χ4v) is 6.99. The first kappa shape index (κ1) is 55.9. The van der Waals surface area contributed by atoms with Gasteiger partial charge in [-0.25, -0.2) is 4.79 Å². The quantitative estimate of drug-likeness (QED) is 0.0272. The number of nitriles is 4. The van der Waals surface area contributed by atoms with Crippen LogP contribution in [0.2, 0.25) is 0 Å². The SMILES string of the molecule is CCCC(C)(CC)C(=O)OCCN(C)c1ccc(N=Nc2ccc(C#N)cc2C#N)cc1.CCCC(C)(CC)C(=O)OCCOc1ccc(C(=O)Oc2ccc(N=Nc3ccc(C#N)cc3C#N)cc2)cc1. The Balaban J connectivity index is 0.000000321. The lowest BCUT2D eigenvalue weighted by molar-refractivity contribution is -0.156. The molecule has 0 aromatic heterocycles. The maximum atomic E-state index is 12.5. The summed E-state index contributed by atoms with van der Waals surface area (Å²) in [5, 5.41) is 52.9. The van der Waals surface area contributed by atoms with Crippen molar-refractivity contribution in [3.8, 4) is 35.8 Å². The molecule has 5 rings (SSSR count). The summed E-state index contributed by atoms with van der Waals surface area (Å²) < 4.78 is 22.0. The molecule has 0 spiro atoms. The lowest BCUT2D eigenvalue weighted by atomic mass is 9.83. The molecular formula is C56H59N9O7. The average Bonchev–Trinajstić information content (AvgIpc) is 3.41. The normalized spacial score (nSPS) is 12.3. The molecule has 0 radical (unpaired) electrons. The van der Waals surface area contributed by atoms with Crippen molar-refractivity contribution in [3.63, 3.8) is 0 Å². The van der Waals surface area contributed by atoms with Gasteiger partial charge >= 0.3 is 17.9 Å². The molecule has 0 fully saturated rings. The van der Waals surface area contributed by atoms with Crippen LogP contribution in [0, 0.1) is 56.2 Å². The molecule has 16 heteroatoms. The van der Waals surface area contributed by atoms with Crippen LogP contribution in [0.5, 0.6) is 11.5 Å². The van der Waals surface area contributed by atoms with E-state index in [4.69, 9.17) is 29.5 Å². The molecule has 16 nitrogen and oxygen atoms in total. The number of hydrogen-bond acceptors (Lipinski definition) is 16. The zero-order valence-corrected chi connectivity index (χ0v) is 41.8. The van der Waals surface area contributed by atoms with E-state index in [1.54, 1.807) is 72.8 Å². The topological polar surface area (TPSA) is 236 Å². The smallest absolute Gasteiger partial charge is 0.343 e. The Hall–Kier alpha value is -8.73. The first-order chi connectivity index (χ1) is 34.7. The Morgan fingerprint density at radius 2 is 1.01 bits per heavy atom. The molecule has 0 bridgehead atoms. The zero-order valence-electron chi connectivity index (χ0n) is 41.8. The predicted octanol–water partition coefficient (Wildman–Crippen LogP) is 13.2. The second kappa shape index (κ2) is 28.1. The van der Waals surface area contributed by atoms with Gasteiger partial charge in [-0.15, -0.1) is 10.2 Å². The van der Waals surface area contributed by atoms with Crippen molar-refractivity contribution >= 4 is 46.3 Å². The van der Waals surface area contributed by atoms with E-state index in [2.05, 4.69) is 27.4 Å². The fourth-order valence-electron chi connectivity index (χ4n) is 6.99. The number of carbonyl (C=O) groups is 3. The van der Waals surface area contributed by atoms with Gasteiger partial charge in [0.2, 0.25) is 0 Å². The van der Waals surface area contributed by atoms with Crippen LogP contribution in [-0.2, 0) is 19.1 Å². The van der Waals surface area contributed by atoms with Crippen molar-refractivity contribution in [1.29, 1.82) is 21.0 Å². The summed E-state index contributed by atoms with van der Waals surface area (Å²) in [5.41, 5.74) is 3.61. The zero-order chi connectivity index (χ0) is 52.5. The molecule has 0 saturated carbocycles. The van der Waals surface area contributed by atoms with Crippen LogP contribution >= 0.6 is 0 Å². The summed E-state index contributed by atoms with van der Waals surface area (Å²) in [6.45, 7) is 13.3. The van der Waals surface area contributed by atoms with Gasteiger partial charge < -0.3 is 23.8 Å². The molecule has 370 valence electrons. The average molecular weight is 970 g/mol. The van der Waals surface area contributed by atoms with Gasteiger partial charge in [-0.1, -0.05) is 40.5 Å². The minimum atomic E-state index is -0.541. The third kappa shape index (κ3) is 16.5. The third-order valence-corrected chi connectivity index (χ3v) is 11.9. The number of rotatable bonds is 22. The highest BCUT2D eigenvalue weighted by Crippen LogP contribution is 2.31. The van der Waals surface area contributed by atoms with E-state index in [1.807, 2.05) is 95.1 Å². The van der Waals surface area contributed by atoms with E-state index in [1.165, 1.54) is 12.1 Å². The highest BCUT2D eigenvalue weighted by Gasteiger charge is 2.32. The maximum Gasteiger partial charge on any atom is 0.343 e. The van der Waals surface area contributed by atoms with E-state index < -0.39 is 16.8 Å². The van der Waals surface area contributed by atoms with Crippen molar-refractivity contribution in [2.75, 3.05) is 38.3 Å². The standard InChI is InChI=1S/C31H30N4O5.C25H29N5O2/c1-4-16-31(3,5-2)30(37)39-18-17-38-26-11-7-23(8-12-26)29(36)40-27-13-9-25(10-14-27)34-35-28-15-6-22(20-32)19-24(28)21-33;1-5-13-25(3,6-2)24(31)32-15-14-30(4)22-10-8-21(9-11-22)28-29-23-12-7-19(17-26)16-20(23)18-27/h6-15,19H,4-5,16-18H2,1-3H3;7-12,16H,5-6,13-15H2,1-4H3. The van der Waals surface area contributed by atoms with Crippen molar-refractivity contribution in [2.24, 2.45) is 31.3 Å². The summed E-state index contributed by atoms with van der Waals surface area (Å²) in [4.78, 5) is 39.3. The maximum absolute atomic E-state index is 12.5. The highest BCUT2D eigenvalue weighted by molar-refractivity contribution is 5.91. The number of ether oxygens (including phenoxy) is 4. The largest absolute Gasteiger partial charge is 0.490 e. The highest BCUT2D eigenvalue weighted by atomic mass is 16.6. The number of benzene rings is 5. The van der Waals surface area contributed by atoms with E-state index in [0.717, 1.165) is 44.2 Å². The molecule has 72 heavy (non-hydrogen) atoms. The van der Waals surface area contributed by atoms with Crippen molar-refractivity contribution in [3.05, 3.63) is 137 Å². The van der Waals surface area contributed by atoms with Crippen LogP contribution in [-0.4, -0.2) is 51.3 Å². The van der Waals surface area contributed by atoms with Gasteiger partial charge in [0.05, 0.1) is 68.7 Å². The number of anilines is 1. The van der Waals surface area contributed by atoms with Crippen molar-refractivity contribution < 1.29 is 33.3 Å². The molecule has 0 amide bonds. The van der Waals surface area contributed by atoms with E-state index >= 15 is 0 Å². The monoisotopic (exact) mass is 969 g/mol. The molecule has 5 aromatic carbocycles. The molecular weight excluding hydrogens is 911 g/mol. The van der Waals surface area contributed by atoms with E-state index in [-0.39, 0.29) is 30.7 Å². The number of azo groups is 2. The Kier molecular flexibility index (Phi) is 21.8. The second-order valence-electron chi connectivity index (χ2n) is 17.1. The summed E-state index contributed by atoms with van der Waals surface area (Å²) in [5.74, 6) is -0.0271. The molecule has 0 aliphatic heterocycles. The van der Waals surface area contributed by atoms with Crippen LogP contribution in [0.4, 0.5) is 28.4 Å². The molecule has 0 N–H and O–H groups in total. The summed E-state index contributed by atoms with van der Waals surface area (Å²) in [7, 11) is 1.94. The fraction of sp³-hybridized carbons (Fsp3) is 0.339. The number of esters is 3. The Labute approximate surface area is 421 Å². The molecule has 0 aliphatic rings.